The van der Waals surface area contributed by atoms with Crippen molar-refractivity contribution in [2.45, 2.75) is 32.6 Å². The number of benzene rings is 3. The summed E-state index contributed by atoms with van der Waals surface area (Å²) < 4.78 is 1.74. The van der Waals surface area contributed by atoms with Gasteiger partial charge in [0.2, 0.25) is 0 Å². The van der Waals surface area contributed by atoms with E-state index < -0.39 is 0 Å². The molecule has 0 aliphatic heterocycles. The lowest BCUT2D eigenvalue weighted by Crippen LogP contribution is -2.13. The normalized spacial score (nSPS) is 11.8. The monoisotopic (exact) mass is 397 g/mol. The van der Waals surface area contributed by atoms with Gasteiger partial charge < -0.3 is 10.1 Å². The second kappa shape index (κ2) is 7.41. The molecule has 0 saturated carbocycles. The molecular weight excluding hydrogens is 374 g/mol. The van der Waals surface area contributed by atoms with Crippen molar-refractivity contribution in [1.82, 2.24) is 9.38 Å². The fourth-order valence-electron chi connectivity index (χ4n) is 4.37. The first-order valence-corrected chi connectivity index (χ1v) is 10.5. The molecule has 5 heteroatoms. The number of rotatable bonds is 7. The van der Waals surface area contributed by atoms with Gasteiger partial charge in [0, 0.05) is 40.2 Å². The Morgan fingerprint density at radius 2 is 1.87 bits per heavy atom. The van der Waals surface area contributed by atoms with E-state index >= 15 is 0 Å². The maximum atomic E-state index is 13.4. The first kappa shape index (κ1) is 18.6. The number of hydrogen-bond donors (Lipinski definition) is 1. The molecule has 5 nitrogen and oxygen atoms in total. The largest absolute Gasteiger partial charge is 0.385 e. The summed E-state index contributed by atoms with van der Waals surface area (Å²) in [4.78, 5) is 28.7. The molecule has 0 bridgehead atoms. The zero-order valence-corrected chi connectivity index (χ0v) is 16.9. The van der Waals surface area contributed by atoms with E-state index in [0.29, 0.717) is 17.5 Å². The van der Waals surface area contributed by atoms with Crippen LogP contribution in [0.5, 0.6) is 0 Å². The van der Waals surface area contributed by atoms with E-state index in [0.717, 1.165) is 70.5 Å². The van der Waals surface area contributed by atoms with Crippen LogP contribution >= 0.6 is 0 Å². The second-order valence-corrected chi connectivity index (χ2v) is 7.90. The molecule has 2 aromatic heterocycles. The van der Waals surface area contributed by atoms with Gasteiger partial charge in [0.1, 0.15) is 11.9 Å². The third-order valence-electron chi connectivity index (χ3n) is 5.84. The number of unbranched alkanes of at least 4 members (excludes halogenated alkanes) is 3. The smallest absolute Gasteiger partial charge is 0.264 e. The second-order valence-electron chi connectivity index (χ2n) is 7.90. The third kappa shape index (κ3) is 2.89. The van der Waals surface area contributed by atoms with Crippen LogP contribution in [0.1, 0.15) is 31.2 Å². The average molecular weight is 397 g/mol. The highest BCUT2D eigenvalue weighted by molar-refractivity contribution is 6.18. The van der Waals surface area contributed by atoms with Gasteiger partial charge in [-0.05, 0) is 55.7 Å². The molecule has 3 aromatic carbocycles. The highest BCUT2D eigenvalue weighted by Gasteiger charge is 2.17. The van der Waals surface area contributed by atoms with E-state index in [1.807, 2.05) is 37.3 Å². The van der Waals surface area contributed by atoms with Crippen molar-refractivity contribution < 1.29 is 4.79 Å². The molecule has 0 fully saturated rings. The number of aromatic nitrogens is 2. The molecule has 150 valence electrons. The number of carbonyl (C=O) groups is 1. The lowest BCUT2D eigenvalue weighted by Gasteiger charge is -2.13. The summed E-state index contributed by atoms with van der Waals surface area (Å²) in [5.74, 6) is 0. The molecule has 0 unspecified atom stereocenters. The zero-order valence-electron chi connectivity index (χ0n) is 16.9. The van der Waals surface area contributed by atoms with Gasteiger partial charge in [-0.1, -0.05) is 24.6 Å². The van der Waals surface area contributed by atoms with Gasteiger partial charge in [-0.3, -0.25) is 9.20 Å². The molecule has 0 atom stereocenters. The fraction of sp³-hybridized carbons (Fsp3) is 0.240. The maximum Gasteiger partial charge on any atom is 0.264 e. The van der Waals surface area contributed by atoms with Gasteiger partial charge in [0.05, 0.1) is 11.0 Å². The standard InChI is InChI=1S/C25H23N3O2/c1-16-9-12-22-21(15-16)27-24-18-10-11-20(26-13-4-2-3-5-14-29)17-7-6-8-19(23(17)18)25(30)28(22)24/h6-12,14-15,26H,2-5,13H2,1H3. The van der Waals surface area contributed by atoms with E-state index in [-0.39, 0.29) is 5.56 Å². The lowest BCUT2D eigenvalue weighted by atomic mass is 10.0. The Balaban J connectivity index is 1.65. The van der Waals surface area contributed by atoms with Gasteiger partial charge in [-0.25, -0.2) is 4.98 Å². The molecule has 0 aliphatic carbocycles. The number of pyridine rings is 1. The van der Waals surface area contributed by atoms with Crippen LogP contribution in [0.15, 0.2) is 53.3 Å². The summed E-state index contributed by atoms with van der Waals surface area (Å²) in [6.07, 6.45) is 4.56. The van der Waals surface area contributed by atoms with E-state index in [1.165, 1.54) is 0 Å². The van der Waals surface area contributed by atoms with E-state index in [4.69, 9.17) is 4.98 Å². The quantitative estimate of drug-likeness (QED) is 0.308. The van der Waals surface area contributed by atoms with Crippen LogP contribution in [0.25, 0.3) is 38.2 Å². The van der Waals surface area contributed by atoms with Crippen LogP contribution in [0.3, 0.4) is 0 Å². The summed E-state index contributed by atoms with van der Waals surface area (Å²) in [5.41, 5.74) is 4.53. The summed E-state index contributed by atoms with van der Waals surface area (Å²) in [6.45, 7) is 2.87. The number of aryl methyl sites for hydroxylation is 1. The molecule has 0 saturated heterocycles. The first-order valence-electron chi connectivity index (χ1n) is 10.5. The highest BCUT2D eigenvalue weighted by Crippen LogP contribution is 2.34. The zero-order chi connectivity index (χ0) is 20.7. The Morgan fingerprint density at radius 1 is 1.00 bits per heavy atom. The number of hydrogen-bond acceptors (Lipinski definition) is 4. The Morgan fingerprint density at radius 3 is 2.73 bits per heavy atom. The van der Waals surface area contributed by atoms with Crippen LogP contribution in [0.2, 0.25) is 0 Å². The molecule has 2 heterocycles. The molecule has 5 aromatic rings. The minimum Gasteiger partial charge on any atom is -0.385 e. The summed E-state index contributed by atoms with van der Waals surface area (Å²) >= 11 is 0. The minimum atomic E-state index is -0.0273. The molecule has 5 rings (SSSR count). The van der Waals surface area contributed by atoms with Crippen molar-refractivity contribution in [3.05, 3.63) is 64.4 Å². The minimum absolute atomic E-state index is 0.0273. The van der Waals surface area contributed by atoms with Gasteiger partial charge >= 0.3 is 0 Å². The van der Waals surface area contributed by atoms with Crippen LogP contribution in [-0.4, -0.2) is 22.2 Å². The topological polar surface area (TPSA) is 63.5 Å². The van der Waals surface area contributed by atoms with Gasteiger partial charge in [0.25, 0.3) is 5.56 Å². The lowest BCUT2D eigenvalue weighted by molar-refractivity contribution is -0.107. The number of nitrogens with one attached hydrogen (secondary N) is 1. The van der Waals surface area contributed by atoms with E-state index in [9.17, 15) is 9.59 Å². The molecule has 0 radical (unpaired) electrons. The number of imidazole rings is 1. The Bertz CT molecular complexity index is 1450. The molecule has 0 aliphatic rings. The predicted octanol–water partition coefficient (Wildman–Crippen LogP) is 5.07. The average Bonchev–Trinajstić information content (AvgIpc) is 3.13. The predicted molar refractivity (Wildman–Crippen MR) is 123 cm³/mol. The van der Waals surface area contributed by atoms with Crippen LogP contribution in [0.4, 0.5) is 5.69 Å². The summed E-state index contributed by atoms with van der Waals surface area (Å²) in [5, 5.41) is 7.23. The number of fused-ring (bicyclic) bond motifs is 4. The van der Waals surface area contributed by atoms with Gasteiger partial charge in [0.15, 0.2) is 0 Å². The first-order chi connectivity index (χ1) is 14.7. The van der Waals surface area contributed by atoms with E-state index in [1.54, 1.807) is 4.40 Å². The van der Waals surface area contributed by atoms with Crippen molar-refractivity contribution in [2.75, 3.05) is 11.9 Å². The van der Waals surface area contributed by atoms with Crippen LogP contribution < -0.4 is 10.9 Å². The van der Waals surface area contributed by atoms with Crippen molar-refractivity contribution in [2.24, 2.45) is 0 Å². The molecule has 1 N–H and O–H groups in total. The van der Waals surface area contributed by atoms with Gasteiger partial charge in [-0.15, -0.1) is 0 Å². The van der Waals surface area contributed by atoms with Crippen LogP contribution in [0, 0.1) is 6.92 Å². The van der Waals surface area contributed by atoms with Crippen LogP contribution in [-0.2, 0) is 4.79 Å². The number of anilines is 1. The molecular formula is C25H23N3O2. The third-order valence-corrected chi connectivity index (χ3v) is 5.84. The Hall–Kier alpha value is -3.47. The van der Waals surface area contributed by atoms with Gasteiger partial charge in [-0.2, -0.15) is 0 Å². The highest BCUT2D eigenvalue weighted by atomic mass is 16.1. The number of carbonyl (C=O) groups excluding carboxylic acids is 1. The molecule has 30 heavy (non-hydrogen) atoms. The summed E-state index contributed by atoms with van der Waals surface area (Å²) in [6, 6.07) is 16.1. The SMILES string of the molecule is Cc1ccc2c(c1)nc1c3ccc(NCCCCCC=O)c4cccc(c(=O)n21)c43. The van der Waals surface area contributed by atoms with Crippen molar-refractivity contribution >= 4 is 50.2 Å². The van der Waals surface area contributed by atoms with Crippen molar-refractivity contribution in [1.29, 1.82) is 0 Å². The Labute approximate surface area is 173 Å². The van der Waals surface area contributed by atoms with Crippen molar-refractivity contribution in [3.63, 3.8) is 0 Å². The van der Waals surface area contributed by atoms with Crippen molar-refractivity contribution in [3.8, 4) is 0 Å². The van der Waals surface area contributed by atoms with E-state index in [2.05, 4.69) is 23.5 Å². The maximum absolute atomic E-state index is 13.4. The number of nitrogens with zero attached hydrogens (tertiary/aromatic N) is 2. The molecule has 0 spiro atoms. The number of aldehydes is 1. The molecule has 0 amide bonds. The fourth-order valence-corrected chi connectivity index (χ4v) is 4.37. The Kier molecular flexibility index (Phi) is 4.58. The summed E-state index contributed by atoms with van der Waals surface area (Å²) in [7, 11) is 0.